The van der Waals surface area contributed by atoms with Crippen LogP contribution in [0.1, 0.15) is 32.7 Å². The average molecular weight is 272 g/mol. The number of rotatable bonds is 4. The van der Waals surface area contributed by atoms with E-state index in [1.165, 1.54) is 0 Å². The van der Waals surface area contributed by atoms with Crippen molar-refractivity contribution in [2.24, 2.45) is 5.41 Å². The van der Waals surface area contributed by atoms with Crippen LogP contribution in [0.3, 0.4) is 0 Å². The van der Waals surface area contributed by atoms with Crippen LogP contribution in [0.5, 0.6) is 5.75 Å². The van der Waals surface area contributed by atoms with Gasteiger partial charge in [-0.05, 0) is 31.2 Å². The van der Waals surface area contributed by atoms with Gasteiger partial charge in [0.2, 0.25) is 6.23 Å². The van der Waals surface area contributed by atoms with Crippen LogP contribution in [0.4, 0.5) is 0 Å². The van der Waals surface area contributed by atoms with E-state index in [1.807, 2.05) is 58.3 Å². The summed E-state index contributed by atoms with van der Waals surface area (Å²) < 4.78 is 7.71. The highest BCUT2D eigenvalue weighted by Gasteiger charge is 2.32. The van der Waals surface area contributed by atoms with Crippen molar-refractivity contribution in [2.45, 2.75) is 33.9 Å². The number of hydrogen-bond donors (Lipinski definition) is 0. The van der Waals surface area contributed by atoms with Gasteiger partial charge in [0, 0.05) is 24.0 Å². The van der Waals surface area contributed by atoms with E-state index in [0.717, 1.165) is 5.69 Å². The predicted molar refractivity (Wildman–Crippen MR) is 77.5 cm³/mol. The molecule has 0 saturated heterocycles. The fraction of sp³-hybridized carbons (Fsp3) is 0.375. The smallest absolute Gasteiger partial charge is 0.235 e. The Morgan fingerprint density at radius 3 is 2.45 bits per heavy atom. The first-order valence-corrected chi connectivity index (χ1v) is 6.64. The molecule has 0 aromatic carbocycles. The van der Waals surface area contributed by atoms with E-state index in [-0.39, 0.29) is 5.78 Å². The molecular weight excluding hydrogens is 252 g/mol. The zero-order chi connectivity index (χ0) is 14.8. The lowest BCUT2D eigenvalue weighted by molar-refractivity contribution is -0.137. The number of aromatic nitrogens is 2. The molecule has 2 heterocycles. The standard InChI is InChI=1S/C16H20N2O2/c1-12-13(8-7-9-17-12)20-15(14(19)16(2,3)4)18-10-5-6-11-18/h5-11,15H,1-4H3. The molecule has 2 aromatic heterocycles. The van der Waals surface area contributed by atoms with E-state index in [9.17, 15) is 4.79 Å². The van der Waals surface area contributed by atoms with Crippen LogP contribution in [0.25, 0.3) is 0 Å². The van der Waals surface area contributed by atoms with Gasteiger partial charge >= 0.3 is 0 Å². The van der Waals surface area contributed by atoms with Gasteiger partial charge in [-0.1, -0.05) is 20.8 Å². The number of ketones is 1. The number of carbonyl (C=O) groups is 1. The Bertz CT molecular complexity index is 583. The quantitative estimate of drug-likeness (QED) is 0.857. The maximum absolute atomic E-state index is 12.6. The summed E-state index contributed by atoms with van der Waals surface area (Å²) in [6.07, 6.45) is 4.70. The van der Waals surface area contributed by atoms with Crippen LogP contribution < -0.4 is 4.74 Å². The van der Waals surface area contributed by atoms with Gasteiger partial charge in [0.1, 0.15) is 5.75 Å². The Morgan fingerprint density at radius 1 is 1.25 bits per heavy atom. The minimum Gasteiger partial charge on any atom is -0.461 e. The summed E-state index contributed by atoms with van der Waals surface area (Å²) in [6, 6.07) is 7.39. The molecule has 4 nitrogen and oxygen atoms in total. The Morgan fingerprint density at radius 2 is 1.90 bits per heavy atom. The summed E-state index contributed by atoms with van der Waals surface area (Å²) in [5.41, 5.74) is 0.289. The van der Waals surface area contributed by atoms with Gasteiger partial charge in [-0.2, -0.15) is 0 Å². The zero-order valence-electron chi connectivity index (χ0n) is 12.3. The summed E-state index contributed by atoms with van der Waals surface area (Å²) in [6.45, 7) is 7.55. The van der Waals surface area contributed by atoms with Crippen molar-refractivity contribution in [1.82, 2.24) is 9.55 Å². The number of ether oxygens (including phenoxy) is 1. The van der Waals surface area contributed by atoms with Gasteiger partial charge < -0.3 is 9.30 Å². The van der Waals surface area contributed by atoms with E-state index in [4.69, 9.17) is 4.74 Å². The molecule has 0 aliphatic carbocycles. The number of aryl methyl sites for hydroxylation is 1. The Hall–Kier alpha value is -2.10. The summed E-state index contributed by atoms with van der Waals surface area (Å²) >= 11 is 0. The second kappa shape index (κ2) is 5.49. The second-order valence-corrected chi connectivity index (χ2v) is 5.80. The van der Waals surface area contributed by atoms with Gasteiger partial charge in [-0.3, -0.25) is 9.78 Å². The monoisotopic (exact) mass is 272 g/mol. The van der Waals surface area contributed by atoms with E-state index < -0.39 is 11.6 Å². The molecule has 2 rings (SSSR count). The second-order valence-electron chi connectivity index (χ2n) is 5.80. The topological polar surface area (TPSA) is 44.1 Å². The normalized spacial score (nSPS) is 13.0. The minimum absolute atomic E-state index is 0.0250. The van der Waals surface area contributed by atoms with Crippen molar-refractivity contribution in [3.05, 3.63) is 48.5 Å². The fourth-order valence-corrected chi connectivity index (χ4v) is 1.84. The number of nitrogens with zero attached hydrogens (tertiary/aromatic N) is 2. The third-order valence-corrected chi connectivity index (χ3v) is 3.06. The van der Waals surface area contributed by atoms with Crippen molar-refractivity contribution in [3.63, 3.8) is 0 Å². The first-order valence-electron chi connectivity index (χ1n) is 6.64. The van der Waals surface area contributed by atoms with Crippen molar-refractivity contribution < 1.29 is 9.53 Å². The first-order chi connectivity index (χ1) is 9.39. The highest BCUT2D eigenvalue weighted by molar-refractivity contribution is 5.86. The van der Waals surface area contributed by atoms with Crippen LogP contribution in [0, 0.1) is 12.3 Å². The van der Waals surface area contributed by atoms with Crippen LogP contribution in [0.15, 0.2) is 42.9 Å². The molecule has 0 saturated carbocycles. The van der Waals surface area contributed by atoms with E-state index in [1.54, 1.807) is 16.8 Å². The summed E-state index contributed by atoms with van der Waals surface area (Å²) in [5, 5.41) is 0. The summed E-state index contributed by atoms with van der Waals surface area (Å²) in [4.78, 5) is 16.8. The molecule has 0 amide bonds. The van der Waals surface area contributed by atoms with Crippen molar-refractivity contribution in [3.8, 4) is 5.75 Å². The van der Waals surface area contributed by atoms with Crippen LogP contribution in [-0.4, -0.2) is 15.3 Å². The molecule has 0 aliphatic heterocycles. The molecule has 106 valence electrons. The van der Waals surface area contributed by atoms with Crippen LogP contribution in [-0.2, 0) is 4.79 Å². The van der Waals surface area contributed by atoms with Gasteiger partial charge in [-0.25, -0.2) is 0 Å². The Labute approximate surface area is 119 Å². The number of Topliss-reactive ketones (excluding diaryl/α,β-unsaturated/α-hetero) is 1. The molecule has 0 aliphatic rings. The van der Waals surface area contributed by atoms with E-state index in [2.05, 4.69) is 4.98 Å². The SMILES string of the molecule is Cc1ncccc1OC(C(=O)C(C)(C)C)n1cccc1. The molecule has 0 bridgehead atoms. The number of hydrogen-bond acceptors (Lipinski definition) is 3. The lowest BCUT2D eigenvalue weighted by Gasteiger charge is -2.26. The molecule has 0 radical (unpaired) electrons. The van der Waals surface area contributed by atoms with Crippen molar-refractivity contribution >= 4 is 5.78 Å². The van der Waals surface area contributed by atoms with Gasteiger partial charge in [-0.15, -0.1) is 0 Å². The van der Waals surface area contributed by atoms with Gasteiger partial charge in [0.15, 0.2) is 5.78 Å². The molecule has 2 aromatic rings. The third-order valence-electron chi connectivity index (χ3n) is 3.06. The molecule has 1 unspecified atom stereocenters. The van der Waals surface area contributed by atoms with Gasteiger partial charge in [0.05, 0.1) is 5.69 Å². The van der Waals surface area contributed by atoms with Crippen molar-refractivity contribution in [1.29, 1.82) is 0 Å². The fourth-order valence-electron chi connectivity index (χ4n) is 1.84. The third kappa shape index (κ3) is 3.07. The van der Waals surface area contributed by atoms with E-state index in [0.29, 0.717) is 5.75 Å². The maximum Gasteiger partial charge on any atom is 0.235 e. The molecule has 0 N–H and O–H groups in total. The van der Waals surface area contributed by atoms with Crippen LogP contribution >= 0.6 is 0 Å². The lowest BCUT2D eigenvalue weighted by Crippen LogP contribution is -2.33. The predicted octanol–water partition coefficient (Wildman–Crippen LogP) is 3.38. The molecule has 0 fully saturated rings. The highest BCUT2D eigenvalue weighted by atomic mass is 16.5. The van der Waals surface area contributed by atoms with Gasteiger partial charge in [0.25, 0.3) is 0 Å². The molecule has 0 spiro atoms. The average Bonchev–Trinajstić information content (AvgIpc) is 2.89. The number of pyridine rings is 1. The minimum atomic E-state index is -0.673. The van der Waals surface area contributed by atoms with Crippen LogP contribution in [0.2, 0.25) is 0 Å². The largest absolute Gasteiger partial charge is 0.461 e. The van der Waals surface area contributed by atoms with Crippen molar-refractivity contribution in [2.75, 3.05) is 0 Å². The first kappa shape index (κ1) is 14.3. The molecule has 1 atom stereocenters. The molecule has 4 heteroatoms. The zero-order valence-corrected chi connectivity index (χ0v) is 12.3. The highest BCUT2D eigenvalue weighted by Crippen LogP contribution is 2.27. The summed E-state index contributed by atoms with van der Waals surface area (Å²) in [5.74, 6) is 0.653. The number of carbonyl (C=O) groups excluding carboxylic acids is 1. The molecule has 20 heavy (non-hydrogen) atoms. The lowest BCUT2D eigenvalue weighted by atomic mass is 9.89. The maximum atomic E-state index is 12.6. The Balaban J connectivity index is 2.34. The molecular formula is C16H20N2O2. The summed E-state index contributed by atoms with van der Waals surface area (Å²) in [7, 11) is 0. The Kier molecular flexibility index (Phi) is 3.93. The van der Waals surface area contributed by atoms with E-state index >= 15 is 0 Å².